The number of aryl methyl sites for hydroxylation is 2. The Kier molecular flexibility index (Phi) is 6.94. The number of morpholine rings is 1. The second-order valence-corrected chi connectivity index (χ2v) is 13.7. The van der Waals surface area contributed by atoms with E-state index in [0.29, 0.717) is 31.6 Å². The van der Waals surface area contributed by atoms with Gasteiger partial charge in [0, 0.05) is 31.7 Å². The van der Waals surface area contributed by atoms with Crippen molar-refractivity contribution in [3.63, 3.8) is 0 Å². The van der Waals surface area contributed by atoms with Crippen LogP contribution in [-0.2, 0) is 26.1 Å². The number of carboxylic acid groups (broad SMARTS) is 1. The predicted molar refractivity (Wildman–Crippen MR) is 160 cm³/mol. The maximum absolute atomic E-state index is 14.0. The molecule has 0 spiro atoms. The van der Waals surface area contributed by atoms with Gasteiger partial charge in [0.2, 0.25) is 10.0 Å². The summed E-state index contributed by atoms with van der Waals surface area (Å²) in [5.74, 6) is -0.889. The molecule has 2 aromatic carbocycles. The van der Waals surface area contributed by atoms with Crippen LogP contribution in [0.1, 0.15) is 59.0 Å². The molecule has 2 aromatic heterocycles. The van der Waals surface area contributed by atoms with Gasteiger partial charge in [0.25, 0.3) is 0 Å². The molecule has 7 rings (SSSR count). The Balaban J connectivity index is 1.26. The highest BCUT2D eigenvalue weighted by molar-refractivity contribution is 7.89. The summed E-state index contributed by atoms with van der Waals surface area (Å²) in [7, 11) is -3.87. The van der Waals surface area contributed by atoms with Gasteiger partial charge in [-0.1, -0.05) is 29.5 Å². The molecule has 0 bridgehead atoms. The lowest BCUT2D eigenvalue weighted by atomic mass is 9.84. The molecule has 1 unspecified atom stereocenters. The van der Waals surface area contributed by atoms with Gasteiger partial charge < -0.3 is 14.7 Å². The van der Waals surface area contributed by atoms with Crippen LogP contribution in [0.4, 0.5) is 5.82 Å². The molecule has 1 saturated heterocycles. The number of pyridine rings is 1. The average Bonchev–Trinajstić information content (AvgIpc) is 3.76. The number of aliphatic carboxylic acids is 1. The molecule has 0 amide bonds. The minimum atomic E-state index is -3.87. The number of carbonyl (C=O) groups is 1. The zero-order chi connectivity index (χ0) is 29.9. The fraction of sp³-hybridized carbons (Fsp3) is 0.419. The molecule has 1 saturated carbocycles. The molecular formula is C31H34N6O5S. The number of hydrogen-bond acceptors (Lipinski definition) is 8. The van der Waals surface area contributed by atoms with E-state index in [1.807, 2.05) is 53.8 Å². The van der Waals surface area contributed by atoms with Crippen LogP contribution in [0.5, 0.6) is 0 Å². The summed E-state index contributed by atoms with van der Waals surface area (Å²) in [5.41, 5.74) is 6.11. The highest BCUT2D eigenvalue weighted by Gasteiger charge is 2.39. The number of carboxylic acids is 1. The summed E-state index contributed by atoms with van der Waals surface area (Å²) >= 11 is 0. The fourth-order valence-corrected chi connectivity index (χ4v) is 8.08. The molecular weight excluding hydrogens is 568 g/mol. The van der Waals surface area contributed by atoms with Gasteiger partial charge in [-0.3, -0.25) is 4.79 Å². The number of benzene rings is 2. The molecule has 1 N–H and O–H groups in total. The number of fused-ring (bicyclic) bond motifs is 4. The van der Waals surface area contributed by atoms with Crippen LogP contribution in [-0.4, -0.2) is 76.1 Å². The van der Waals surface area contributed by atoms with Gasteiger partial charge >= 0.3 is 5.97 Å². The fourth-order valence-electron chi connectivity index (χ4n) is 6.48. The third-order valence-electron chi connectivity index (χ3n) is 8.99. The van der Waals surface area contributed by atoms with Crippen LogP contribution in [0.2, 0.25) is 0 Å². The first kappa shape index (κ1) is 27.9. The van der Waals surface area contributed by atoms with E-state index in [1.54, 1.807) is 18.3 Å². The maximum Gasteiger partial charge on any atom is 0.304 e. The molecule has 4 aromatic rings. The first-order chi connectivity index (χ1) is 20.7. The lowest BCUT2D eigenvalue weighted by Gasteiger charge is -2.36. The van der Waals surface area contributed by atoms with Crippen molar-refractivity contribution < 1.29 is 23.1 Å². The van der Waals surface area contributed by atoms with Crippen molar-refractivity contribution >= 4 is 32.8 Å². The highest BCUT2D eigenvalue weighted by Crippen LogP contribution is 2.39. The topological polar surface area (TPSA) is 131 Å². The second kappa shape index (κ2) is 10.7. The summed E-state index contributed by atoms with van der Waals surface area (Å²) in [4.78, 5) is 18.8. The average molecular weight is 603 g/mol. The van der Waals surface area contributed by atoms with E-state index in [0.717, 1.165) is 51.7 Å². The molecule has 43 heavy (non-hydrogen) atoms. The Labute approximate surface area is 250 Å². The lowest BCUT2D eigenvalue weighted by Crippen LogP contribution is -2.50. The molecule has 1 aliphatic carbocycles. The normalized spacial score (nSPS) is 20.8. The molecule has 4 heterocycles. The Hall–Kier alpha value is -3.87. The van der Waals surface area contributed by atoms with Crippen molar-refractivity contribution in [2.24, 2.45) is 0 Å². The van der Waals surface area contributed by atoms with Crippen LogP contribution in [0.3, 0.4) is 0 Å². The highest BCUT2D eigenvalue weighted by atomic mass is 32.2. The van der Waals surface area contributed by atoms with Crippen LogP contribution >= 0.6 is 0 Å². The number of anilines is 1. The summed E-state index contributed by atoms with van der Waals surface area (Å²) in [6.45, 7) is 5.83. The second-order valence-electron chi connectivity index (χ2n) is 11.8. The van der Waals surface area contributed by atoms with Crippen molar-refractivity contribution in [1.29, 1.82) is 0 Å². The molecule has 224 valence electrons. The minimum Gasteiger partial charge on any atom is -0.481 e. The summed E-state index contributed by atoms with van der Waals surface area (Å²) in [6.07, 6.45) is 3.70. The first-order valence-electron chi connectivity index (χ1n) is 14.7. The maximum atomic E-state index is 14.0. The lowest BCUT2D eigenvalue weighted by molar-refractivity contribution is -0.137. The van der Waals surface area contributed by atoms with Crippen LogP contribution in [0.25, 0.3) is 11.0 Å². The number of nitrogens with zero attached hydrogens (tertiary/aromatic N) is 6. The predicted octanol–water partition coefficient (Wildman–Crippen LogP) is 3.79. The Morgan fingerprint density at radius 3 is 2.77 bits per heavy atom. The van der Waals surface area contributed by atoms with Crippen molar-refractivity contribution in [3.05, 3.63) is 76.5 Å². The molecule has 3 aliphatic rings. The monoisotopic (exact) mass is 602 g/mol. The van der Waals surface area contributed by atoms with Crippen molar-refractivity contribution in [3.8, 4) is 0 Å². The quantitative estimate of drug-likeness (QED) is 0.336. The van der Waals surface area contributed by atoms with Gasteiger partial charge in [0.1, 0.15) is 16.2 Å². The Morgan fingerprint density at radius 2 is 1.98 bits per heavy atom. The molecule has 11 nitrogen and oxygen atoms in total. The third kappa shape index (κ3) is 4.96. The van der Waals surface area contributed by atoms with Gasteiger partial charge in [-0.05, 0) is 72.7 Å². The van der Waals surface area contributed by atoms with Gasteiger partial charge in [-0.25, -0.2) is 18.1 Å². The molecule has 12 heteroatoms. The third-order valence-corrected chi connectivity index (χ3v) is 10.8. The Morgan fingerprint density at radius 1 is 1.14 bits per heavy atom. The minimum absolute atomic E-state index is 0.110. The van der Waals surface area contributed by atoms with E-state index in [2.05, 4.69) is 15.3 Å². The van der Waals surface area contributed by atoms with Crippen molar-refractivity contribution in [2.75, 3.05) is 31.2 Å². The molecule has 2 atom stereocenters. The van der Waals surface area contributed by atoms with Crippen LogP contribution in [0.15, 0.2) is 53.6 Å². The van der Waals surface area contributed by atoms with Gasteiger partial charge in [0.15, 0.2) is 0 Å². The van der Waals surface area contributed by atoms with Crippen LogP contribution < -0.4 is 4.90 Å². The smallest absolute Gasteiger partial charge is 0.304 e. The number of hydrogen-bond donors (Lipinski definition) is 1. The molecule has 2 aliphatic heterocycles. The van der Waals surface area contributed by atoms with Crippen molar-refractivity contribution in [1.82, 2.24) is 24.3 Å². The van der Waals surface area contributed by atoms with Crippen LogP contribution in [0, 0.1) is 13.8 Å². The van der Waals surface area contributed by atoms with Crippen molar-refractivity contribution in [2.45, 2.75) is 62.6 Å². The van der Waals surface area contributed by atoms with E-state index in [1.165, 1.54) is 4.31 Å². The van der Waals surface area contributed by atoms with Gasteiger partial charge in [0.05, 0.1) is 37.2 Å². The van der Waals surface area contributed by atoms with Gasteiger partial charge in [-0.2, -0.15) is 4.31 Å². The van der Waals surface area contributed by atoms with Gasteiger partial charge in [-0.15, -0.1) is 5.10 Å². The van der Waals surface area contributed by atoms with E-state index in [9.17, 15) is 18.3 Å². The summed E-state index contributed by atoms with van der Waals surface area (Å²) < 4.78 is 37.3. The zero-order valence-electron chi connectivity index (χ0n) is 24.2. The van der Waals surface area contributed by atoms with E-state index < -0.39 is 21.9 Å². The summed E-state index contributed by atoms with van der Waals surface area (Å²) in [5, 5.41) is 18.8. The number of aromatic nitrogens is 4. The largest absolute Gasteiger partial charge is 0.481 e. The Bertz CT molecular complexity index is 1840. The standard InChI is InChI=1S/C31H34N6O5S/c1-19-5-6-21(26(15-29(38)39)25-9-10-27-30(20(25)2)33-34-37(27)23-7-8-23)14-22(19)16-35-17-24-18-42-13-12-36(24)31-28(43(35,40)41)4-3-11-32-31/h3-6,9-11,14,23-24,26H,7-8,12-13,15-18H2,1-2H3,(H,38,39)/t24-,26?/m1/s1. The van der Waals surface area contributed by atoms with E-state index in [4.69, 9.17) is 4.74 Å². The SMILES string of the molecule is Cc1ccc(C(CC(=O)O)c2ccc3c(nnn3C3CC3)c2C)cc1CN1C[C@@H]2COCCN2c2ncccc2S1(=O)=O. The van der Waals surface area contributed by atoms with E-state index in [-0.39, 0.29) is 30.4 Å². The number of sulfonamides is 1. The first-order valence-corrected chi connectivity index (χ1v) is 16.1. The number of ether oxygens (including phenoxy) is 1. The number of rotatable bonds is 7. The molecule has 2 fully saturated rings. The van der Waals surface area contributed by atoms with E-state index >= 15 is 0 Å². The zero-order valence-corrected chi connectivity index (χ0v) is 25.0. The molecule has 0 radical (unpaired) electrons. The summed E-state index contributed by atoms with van der Waals surface area (Å²) in [6, 6.07) is 13.3.